The molecule has 3 aromatic carbocycles. The Morgan fingerprint density at radius 2 is 0.952 bits per heavy atom. The van der Waals surface area contributed by atoms with Gasteiger partial charge in [0.15, 0.2) is 0 Å². The van der Waals surface area contributed by atoms with Crippen LogP contribution in [0.2, 0.25) is 0 Å². The summed E-state index contributed by atoms with van der Waals surface area (Å²) in [7, 11) is -15.0. The number of carboxylic acid groups (broad SMARTS) is 1. The van der Waals surface area contributed by atoms with Crippen molar-refractivity contribution < 1.29 is 63.3 Å². The van der Waals surface area contributed by atoms with Gasteiger partial charge < -0.3 is 15.7 Å². The van der Waals surface area contributed by atoms with Crippen molar-refractivity contribution in [1.82, 2.24) is 0 Å². The van der Waals surface area contributed by atoms with Crippen LogP contribution in [0.25, 0.3) is 0 Å². The summed E-state index contributed by atoms with van der Waals surface area (Å²) in [5.74, 6) is -4.19. The van der Waals surface area contributed by atoms with Crippen molar-refractivity contribution in [3.8, 4) is 0 Å². The highest BCUT2D eigenvalue weighted by Gasteiger charge is 2.23. The Hall–Kier alpha value is -4.80. The van der Waals surface area contributed by atoms with Crippen molar-refractivity contribution in [3.05, 3.63) is 81.4 Å². The molecule has 21 heteroatoms. The van der Waals surface area contributed by atoms with Gasteiger partial charge in [0.05, 0.1) is 20.3 Å². The lowest BCUT2D eigenvalue weighted by atomic mass is 10.1. The summed E-state index contributed by atoms with van der Waals surface area (Å²) in [6.45, 7) is 0. The van der Waals surface area contributed by atoms with Crippen molar-refractivity contribution in [2.24, 2.45) is 0 Å². The topological polar surface area (TPSA) is 302 Å². The molecule has 0 heterocycles. The fourth-order valence-electron chi connectivity index (χ4n) is 3.27. The van der Waals surface area contributed by atoms with E-state index in [4.69, 9.17) is 0 Å². The molecule has 3 aromatic rings. The molecule has 0 aliphatic carbocycles. The van der Waals surface area contributed by atoms with Crippen molar-refractivity contribution in [1.29, 1.82) is 0 Å². The number of nitrogens with one attached hydrogen (secondary N) is 2. The molecule has 6 N–H and O–H groups in total. The second-order valence-electron chi connectivity index (χ2n) is 8.10. The third-order valence-corrected chi connectivity index (χ3v) is 7.59. The van der Waals surface area contributed by atoms with Crippen LogP contribution in [-0.4, -0.2) is 66.7 Å². The van der Waals surface area contributed by atoms with E-state index in [1.165, 1.54) is 0 Å². The normalized spacial score (nSPS) is 11.9. The van der Waals surface area contributed by atoms with E-state index in [0.717, 1.165) is 12.1 Å². The summed E-state index contributed by atoms with van der Waals surface area (Å²) in [5.41, 5.74) is -3.98. The molecule has 0 radical (unpaired) electrons. The van der Waals surface area contributed by atoms with Gasteiger partial charge in [-0.05, 0) is 42.5 Å². The van der Waals surface area contributed by atoms with Gasteiger partial charge in [-0.3, -0.25) is 33.4 Å². The van der Waals surface area contributed by atoms with E-state index >= 15 is 0 Å². The second-order valence-corrected chi connectivity index (χ2v) is 12.4. The van der Waals surface area contributed by atoms with Crippen molar-refractivity contribution in [3.63, 3.8) is 0 Å². The van der Waals surface area contributed by atoms with Gasteiger partial charge in [-0.2, -0.15) is 25.3 Å². The number of aromatic carboxylic acids is 1. The maximum absolute atomic E-state index is 12.9. The van der Waals surface area contributed by atoms with Gasteiger partial charge in [-0.1, -0.05) is 0 Å². The fourth-order valence-corrected chi connectivity index (χ4v) is 4.92. The number of hydrogen-bond acceptors (Lipinski definition) is 11. The summed E-state index contributed by atoms with van der Waals surface area (Å²) < 4.78 is 97.6. The van der Waals surface area contributed by atoms with E-state index in [9.17, 15) is 68.5 Å². The van der Waals surface area contributed by atoms with Crippen molar-refractivity contribution in [2.45, 2.75) is 14.7 Å². The summed E-state index contributed by atoms with van der Waals surface area (Å²) in [6.07, 6.45) is 0. The number of carbonyl (C=O) groups is 3. The van der Waals surface area contributed by atoms with Gasteiger partial charge in [0.2, 0.25) is 0 Å². The largest absolute Gasteiger partial charge is 0.478 e. The molecule has 0 aliphatic heterocycles. The van der Waals surface area contributed by atoms with Gasteiger partial charge >= 0.3 is 5.97 Å². The van der Waals surface area contributed by atoms with Gasteiger partial charge in [0, 0.05) is 34.6 Å². The molecule has 222 valence electrons. The number of anilines is 2. The molecule has 0 spiro atoms. The Kier molecular flexibility index (Phi) is 8.48. The lowest BCUT2D eigenvalue weighted by Crippen LogP contribution is -2.17. The smallest absolute Gasteiger partial charge is 0.335 e. The molecular formula is C21H15N3O15S3. The Bertz CT molecular complexity index is 2000. The average Bonchev–Trinajstić information content (AvgIpc) is 2.86. The summed E-state index contributed by atoms with van der Waals surface area (Å²) in [6, 6.07) is 5.74. The predicted octanol–water partition coefficient (Wildman–Crippen LogP) is 1.54. The van der Waals surface area contributed by atoms with E-state index in [-0.39, 0.29) is 0 Å². The first-order valence-corrected chi connectivity index (χ1v) is 14.9. The molecule has 0 fully saturated rings. The maximum atomic E-state index is 12.9. The molecule has 0 saturated carbocycles. The molecule has 0 unspecified atom stereocenters. The monoisotopic (exact) mass is 645 g/mol. The minimum Gasteiger partial charge on any atom is -0.478 e. The average molecular weight is 646 g/mol. The molecule has 42 heavy (non-hydrogen) atoms. The van der Waals surface area contributed by atoms with E-state index < -0.39 is 102 Å². The molecule has 0 atom stereocenters. The number of nitro groups is 1. The number of benzene rings is 3. The molecule has 0 aromatic heterocycles. The zero-order valence-corrected chi connectivity index (χ0v) is 22.6. The zero-order valence-electron chi connectivity index (χ0n) is 20.1. The SMILES string of the molecule is O=C(O)c1cc(NC(=O)c2cc(NC(=O)c3cc([N+](=O)[O-])cc(S(=O)(=O)O)c3)cc(S(=O)(=O)O)c2)cc(S(=O)(=O)O)c1. The summed E-state index contributed by atoms with van der Waals surface area (Å²) in [4.78, 5) is 44.2. The lowest BCUT2D eigenvalue weighted by Gasteiger charge is -2.12. The number of carboxylic acids is 1. The molecular weight excluding hydrogens is 630 g/mol. The Labute approximate surface area is 235 Å². The first-order valence-electron chi connectivity index (χ1n) is 10.5. The Morgan fingerprint density at radius 3 is 1.33 bits per heavy atom. The zero-order chi connectivity index (χ0) is 31.8. The first-order chi connectivity index (χ1) is 19.1. The number of carbonyl (C=O) groups excluding carboxylic acids is 2. The van der Waals surface area contributed by atoms with Crippen molar-refractivity contribution >= 4 is 65.2 Å². The van der Waals surface area contributed by atoms with Crippen LogP contribution in [0.4, 0.5) is 17.1 Å². The van der Waals surface area contributed by atoms with Crippen LogP contribution in [0.15, 0.2) is 69.3 Å². The van der Waals surface area contributed by atoms with E-state index in [1.54, 1.807) is 0 Å². The number of rotatable bonds is 9. The Balaban J connectivity index is 2.06. The van der Waals surface area contributed by atoms with Crippen LogP contribution >= 0.6 is 0 Å². The number of amides is 2. The van der Waals surface area contributed by atoms with Crippen LogP contribution in [-0.2, 0) is 30.4 Å². The van der Waals surface area contributed by atoms with Crippen LogP contribution in [0.1, 0.15) is 31.1 Å². The first kappa shape index (κ1) is 31.7. The molecule has 0 aliphatic rings. The Morgan fingerprint density at radius 1 is 0.595 bits per heavy atom. The van der Waals surface area contributed by atoms with E-state index in [0.29, 0.717) is 42.5 Å². The van der Waals surface area contributed by atoms with Crippen molar-refractivity contribution in [2.75, 3.05) is 10.6 Å². The molecule has 18 nitrogen and oxygen atoms in total. The summed E-state index contributed by atoms with van der Waals surface area (Å²) >= 11 is 0. The van der Waals surface area contributed by atoms with Crippen LogP contribution in [0, 0.1) is 10.1 Å². The third-order valence-electron chi connectivity index (χ3n) is 5.10. The van der Waals surface area contributed by atoms with Gasteiger partial charge in [-0.15, -0.1) is 0 Å². The highest BCUT2D eigenvalue weighted by molar-refractivity contribution is 7.86. The number of nitro benzene ring substituents is 1. The third kappa shape index (κ3) is 7.68. The minimum atomic E-state index is -5.07. The lowest BCUT2D eigenvalue weighted by molar-refractivity contribution is -0.385. The van der Waals surface area contributed by atoms with Gasteiger partial charge in [-0.25, -0.2) is 4.79 Å². The number of nitrogens with zero attached hydrogens (tertiary/aromatic N) is 1. The summed E-state index contributed by atoms with van der Waals surface area (Å²) in [5, 5.41) is 24.5. The fraction of sp³-hybridized carbons (Fsp3) is 0. The van der Waals surface area contributed by atoms with Gasteiger partial charge in [0.25, 0.3) is 47.9 Å². The molecule has 2 amide bonds. The van der Waals surface area contributed by atoms with Crippen LogP contribution in [0.3, 0.4) is 0 Å². The molecule has 0 saturated heterocycles. The standard InChI is InChI=1S/C21H15N3O15S3/c25-19(23-14-2-12(21(27)28)6-17(8-14)41(34,35)36)10-1-13(7-16(4-10)40(31,32)33)22-20(26)11-3-15(24(29)30)9-18(5-11)42(37,38)39/h1-9H,(H,22,26)(H,23,25)(H,27,28)(H,31,32,33)(H,34,35,36)(H,37,38,39). The van der Waals surface area contributed by atoms with E-state index in [1.807, 2.05) is 5.32 Å². The number of hydrogen-bond donors (Lipinski definition) is 6. The van der Waals surface area contributed by atoms with Crippen LogP contribution < -0.4 is 10.6 Å². The molecule has 0 bridgehead atoms. The highest BCUT2D eigenvalue weighted by Crippen LogP contribution is 2.25. The second kappa shape index (κ2) is 11.2. The van der Waals surface area contributed by atoms with Crippen LogP contribution in [0.5, 0.6) is 0 Å². The van der Waals surface area contributed by atoms with Gasteiger partial charge in [0.1, 0.15) is 4.90 Å². The maximum Gasteiger partial charge on any atom is 0.335 e. The predicted molar refractivity (Wildman–Crippen MR) is 138 cm³/mol. The van der Waals surface area contributed by atoms with E-state index in [2.05, 4.69) is 5.32 Å². The number of non-ortho nitro benzene ring substituents is 1. The quantitative estimate of drug-likeness (QED) is 0.109. The molecule has 3 rings (SSSR count). The minimum absolute atomic E-state index is 0.459. The highest BCUT2D eigenvalue weighted by atomic mass is 32.2.